The molecule has 4 saturated carbocycles. The Morgan fingerprint density at radius 3 is 2.39 bits per heavy atom. The van der Waals surface area contributed by atoms with E-state index >= 15 is 0 Å². The SMILES string of the molecule is C[C@H](CCC(=O)CCN(C)C)[C@H]1CC[C@H]2[C@@H]3CCC4CCCC[C@]4(C)[C@H]3CC[C@]12C.Cl. The zero-order chi connectivity index (χ0) is 21.5. The van der Waals surface area contributed by atoms with Gasteiger partial charge in [-0.25, -0.2) is 0 Å². The maximum absolute atomic E-state index is 12.4. The number of carbonyl (C=O) groups is 1. The van der Waals surface area contributed by atoms with Crippen molar-refractivity contribution in [1.29, 1.82) is 0 Å². The lowest BCUT2D eigenvalue weighted by atomic mass is 9.44. The van der Waals surface area contributed by atoms with Gasteiger partial charge in [-0.3, -0.25) is 4.79 Å². The van der Waals surface area contributed by atoms with Crippen LogP contribution in [0.4, 0.5) is 0 Å². The van der Waals surface area contributed by atoms with E-state index in [1.54, 1.807) is 0 Å². The van der Waals surface area contributed by atoms with Gasteiger partial charge in [0.05, 0.1) is 0 Å². The topological polar surface area (TPSA) is 20.3 Å². The normalized spacial score (nSPS) is 42.8. The van der Waals surface area contributed by atoms with Crippen LogP contribution in [0, 0.1) is 46.3 Å². The van der Waals surface area contributed by atoms with E-state index in [0.717, 1.165) is 55.4 Å². The molecule has 8 atom stereocenters. The smallest absolute Gasteiger partial charge is 0.134 e. The molecule has 0 aromatic heterocycles. The molecule has 0 radical (unpaired) electrons. The van der Waals surface area contributed by atoms with E-state index in [1.165, 1.54) is 64.2 Å². The van der Waals surface area contributed by atoms with Crippen LogP contribution in [0.25, 0.3) is 0 Å². The average molecular weight is 452 g/mol. The van der Waals surface area contributed by atoms with Gasteiger partial charge in [0.15, 0.2) is 0 Å². The number of hydrogen-bond acceptors (Lipinski definition) is 2. The molecule has 0 N–H and O–H groups in total. The van der Waals surface area contributed by atoms with Crippen LogP contribution in [0.2, 0.25) is 0 Å². The minimum Gasteiger partial charge on any atom is -0.309 e. The van der Waals surface area contributed by atoms with Gasteiger partial charge in [-0.15, -0.1) is 12.4 Å². The van der Waals surface area contributed by atoms with Gasteiger partial charge in [0.1, 0.15) is 5.78 Å². The molecule has 0 bridgehead atoms. The molecule has 0 saturated heterocycles. The maximum atomic E-state index is 12.4. The van der Waals surface area contributed by atoms with Crippen molar-refractivity contribution in [3.63, 3.8) is 0 Å². The lowest BCUT2D eigenvalue weighted by molar-refractivity contribution is -0.120. The molecule has 0 aromatic rings. The molecule has 4 fully saturated rings. The first-order valence-electron chi connectivity index (χ1n) is 13.4. The molecule has 0 aliphatic heterocycles. The Balaban J connectivity index is 0.00000272. The van der Waals surface area contributed by atoms with Crippen LogP contribution < -0.4 is 0 Å². The van der Waals surface area contributed by atoms with Crippen LogP contribution >= 0.6 is 12.4 Å². The second kappa shape index (κ2) is 10.0. The zero-order valence-corrected chi connectivity index (χ0v) is 21.9. The van der Waals surface area contributed by atoms with Crippen molar-refractivity contribution in [2.75, 3.05) is 20.6 Å². The molecular formula is C28H50ClNO. The molecule has 2 nitrogen and oxygen atoms in total. The second-order valence-corrected chi connectivity index (χ2v) is 12.7. The molecule has 3 heteroatoms. The molecule has 0 spiro atoms. The standard InChI is InChI=1S/C28H49NO.ClH/c1-20(9-11-22(30)16-19-29(4)5)24-13-14-25-23-12-10-21-8-6-7-17-27(21,2)26(23)15-18-28(24,25)3;/h20-21,23-26H,6-19H2,1-5H3;1H/t20-,21?,23+,24-,25+,26+,27+,28-;/m1./s1. The summed E-state index contributed by atoms with van der Waals surface area (Å²) in [5.41, 5.74) is 1.20. The summed E-state index contributed by atoms with van der Waals surface area (Å²) in [7, 11) is 4.12. The number of rotatable bonds is 7. The molecule has 31 heavy (non-hydrogen) atoms. The minimum absolute atomic E-state index is 0. The van der Waals surface area contributed by atoms with Crippen molar-refractivity contribution in [3.05, 3.63) is 0 Å². The van der Waals surface area contributed by atoms with E-state index in [0.29, 0.717) is 22.5 Å². The molecule has 1 unspecified atom stereocenters. The van der Waals surface area contributed by atoms with Crippen molar-refractivity contribution in [3.8, 4) is 0 Å². The second-order valence-electron chi connectivity index (χ2n) is 12.7. The third-order valence-electron chi connectivity index (χ3n) is 11.1. The Hall–Kier alpha value is -0.0800. The Bertz CT molecular complexity index is 620. The van der Waals surface area contributed by atoms with Crippen LogP contribution in [0.15, 0.2) is 0 Å². The largest absolute Gasteiger partial charge is 0.309 e. The van der Waals surface area contributed by atoms with Gasteiger partial charge in [0.25, 0.3) is 0 Å². The van der Waals surface area contributed by atoms with Gasteiger partial charge in [0.2, 0.25) is 0 Å². The maximum Gasteiger partial charge on any atom is 0.134 e. The van der Waals surface area contributed by atoms with Crippen LogP contribution in [-0.4, -0.2) is 31.3 Å². The van der Waals surface area contributed by atoms with E-state index in [9.17, 15) is 4.79 Å². The van der Waals surface area contributed by atoms with Gasteiger partial charge in [-0.1, -0.05) is 33.6 Å². The Morgan fingerprint density at radius 2 is 1.65 bits per heavy atom. The fraction of sp³-hybridized carbons (Fsp3) is 0.964. The van der Waals surface area contributed by atoms with Crippen LogP contribution in [0.5, 0.6) is 0 Å². The molecule has 4 aliphatic carbocycles. The highest BCUT2D eigenvalue weighted by molar-refractivity contribution is 5.85. The highest BCUT2D eigenvalue weighted by Crippen LogP contribution is 2.68. The van der Waals surface area contributed by atoms with Crippen molar-refractivity contribution >= 4 is 18.2 Å². The first-order valence-corrected chi connectivity index (χ1v) is 13.4. The van der Waals surface area contributed by atoms with Gasteiger partial charge in [0, 0.05) is 19.4 Å². The zero-order valence-electron chi connectivity index (χ0n) is 21.1. The van der Waals surface area contributed by atoms with Crippen molar-refractivity contribution in [2.45, 2.75) is 104 Å². The third kappa shape index (κ3) is 4.77. The number of halogens is 1. The number of ketones is 1. The number of hydrogen-bond donors (Lipinski definition) is 0. The molecule has 0 heterocycles. The first-order chi connectivity index (χ1) is 14.3. The molecule has 4 rings (SSSR count). The summed E-state index contributed by atoms with van der Waals surface area (Å²) in [4.78, 5) is 14.5. The van der Waals surface area contributed by atoms with E-state index in [2.05, 4.69) is 39.8 Å². The third-order valence-corrected chi connectivity index (χ3v) is 11.1. The molecule has 0 aromatic carbocycles. The molecule has 180 valence electrons. The van der Waals surface area contributed by atoms with Crippen LogP contribution in [0.1, 0.15) is 104 Å². The van der Waals surface area contributed by atoms with Gasteiger partial charge < -0.3 is 4.90 Å². The molecule has 4 aliphatic rings. The fourth-order valence-corrected chi connectivity index (χ4v) is 9.33. The number of Topliss-reactive ketones (excluding diaryl/α,β-unsaturated/α-hetero) is 1. The van der Waals surface area contributed by atoms with Crippen molar-refractivity contribution < 1.29 is 4.79 Å². The van der Waals surface area contributed by atoms with Crippen LogP contribution in [0.3, 0.4) is 0 Å². The number of carbonyl (C=O) groups excluding carboxylic acids is 1. The Kier molecular flexibility index (Phi) is 8.27. The summed E-state index contributed by atoms with van der Waals surface area (Å²) in [6.07, 6.45) is 17.6. The summed E-state index contributed by atoms with van der Waals surface area (Å²) in [6, 6.07) is 0. The number of fused-ring (bicyclic) bond motifs is 5. The predicted octanol–water partition coefficient (Wildman–Crippen LogP) is 7.39. The van der Waals surface area contributed by atoms with Gasteiger partial charge in [-0.05, 0) is 118 Å². The first kappa shape index (κ1) is 25.5. The highest BCUT2D eigenvalue weighted by atomic mass is 35.5. The quantitative estimate of drug-likeness (QED) is 0.402. The fourth-order valence-electron chi connectivity index (χ4n) is 9.33. The Labute approximate surface area is 199 Å². The van der Waals surface area contributed by atoms with E-state index < -0.39 is 0 Å². The van der Waals surface area contributed by atoms with Crippen molar-refractivity contribution in [1.82, 2.24) is 4.90 Å². The van der Waals surface area contributed by atoms with Crippen molar-refractivity contribution in [2.24, 2.45) is 46.3 Å². The molecule has 0 amide bonds. The summed E-state index contributed by atoms with van der Waals surface area (Å²) >= 11 is 0. The average Bonchev–Trinajstić information content (AvgIpc) is 3.07. The predicted molar refractivity (Wildman–Crippen MR) is 134 cm³/mol. The summed E-state index contributed by atoms with van der Waals surface area (Å²) in [5, 5.41) is 0. The van der Waals surface area contributed by atoms with E-state index in [4.69, 9.17) is 0 Å². The summed E-state index contributed by atoms with van der Waals surface area (Å²) in [6.45, 7) is 8.75. The van der Waals surface area contributed by atoms with E-state index in [1.807, 2.05) is 0 Å². The Morgan fingerprint density at radius 1 is 0.903 bits per heavy atom. The minimum atomic E-state index is 0. The number of nitrogens with zero attached hydrogens (tertiary/aromatic N) is 1. The monoisotopic (exact) mass is 451 g/mol. The highest BCUT2D eigenvalue weighted by Gasteiger charge is 2.60. The summed E-state index contributed by atoms with van der Waals surface area (Å²) < 4.78 is 0. The lowest BCUT2D eigenvalue weighted by Crippen LogP contribution is -2.53. The lowest BCUT2D eigenvalue weighted by Gasteiger charge is -2.61. The summed E-state index contributed by atoms with van der Waals surface area (Å²) in [5.74, 6) is 6.04. The van der Waals surface area contributed by atoms with Gasteiger partial charge >= 0.3 is 0 Å². The van der Waals surface area contributed by atoms with Gasteiger partial charge in [-0.2, -0.15) is 0 Å². The van der Waals surface area contributed by atoms with Crippen LogP contribution in [-0.2, 0) is 4.79 Å². The van der Waals surface area contributed by atoms with E-state index in [-0.39, 0.29) is 12.4 Å². The molecular weight excluding hydrogens is 402 g/mol.